The molecule has 0 bridgehead atoms. The first-order valence-electron chi connectivity index (χ1n) is 7.24. The van der Waals surface area contributed by atoms with Gasteiger partial charge in [0.25, 0.3) is 0 Å². The lowest BCUT2D eigenvalue weighted by Crippen LogP contribution is -2.03. The van der Waals surface area contributed by atoms with Gasteiger partial charge in [-0.15, -0.1) is 0 Å². The number of nitrogens with zero attached hydrogens (tertiary/aromatic N) is 1. The Balaban J connectivity index is 2.19. The second-order valence-electron chi connectivity index (χ2n) is 5.58. The third-order valence-corrected chi connectivity index (χ3v) is 4.36. The van der Waals surface area contributed by atoms with Crippen LogP contribution >= 0.6 is 11.6 Å². The van der Waals surface area contributed by atoms with Crippen molar-refractivity contribution in [2.24, 2.45) is 0 Å². The van der Waals surface area contributed by atoms with E-state index in [2.05, 4.69) is 4.57 Å². The summed E-state index contributed by atoms with van der Waals surface area (Å²) in [6.07, 6.45) is 1.97. The molecule has 23 heavy (non-hydrogen) atoms. The van der Waals surface area contributed by atoms with Crippen molar-refractivity contribution in [1.82, 2.24) is 4.57 Å². The van der Waals surface area contributed by atoms with Crippen molar-refractivity contribution in [3.63, 3.8) is 0 Å². The van der Waals surface area contributed by atoms with Crippen molar-refractivity contribution >= 4 is 45.6 Å². The van der Waals surface area contributed by atoms with Crippen LogP contribution in [0.3, 0.4) is 0 Å². The summed E-state index contributed by atoms with van der Waals surface area (Å²) in [5, 5.41) is 2.64. The van der Waals surface area contributed by atoms with Crippen LogP contribution in [0, 0.1) is 0 Å². The van der Waals surface area contributed by atoms with Crippen molar-refractivity contribution < 1.29 is 14.3 Å². The van der Waals surface area contributed by atoms with E-state index >= 15 is 0 Å². The average molecular weight is 328 g/mol. The van der Waals surface area contributed by atoms with Crippen molar-refractivity contribution in [1.29, 1.82) is 0 Å². The smallest absolute Gasteiger partial charge is 0.337 e. The molecule has 0 saturated carbocycles. The summed E-state index contributed by atoms with van der Waals surface area (Å²) in [5.74, 6) is 0.453. The number of rotatable bonds is 1. The van der Waals surface area contributed by atoms with E-state index in [-0.39, 0.29) is 5.97 Å². The highest BCUT2D eigenvalue weighted by atomic mass is 35.5. The van der Waals surface area contributed by atoms with E-state index < -0.39 is 0 Å². The number of ether oxygens (including phenoxy) is 2. The highest BCUT2D eigenvalue weighted by molar-refractivity contribution is 6.32. The van der Waals surface area contributed by atoms with Crippen LogP contribution in [0.2, 0.25) is 5.02 Å². The van der Waals surface area contributed by atoms with Gasteiger partial charge in [-0.1, -0.05) is 11.6 Å². The molecule has 0 aliphatic carbocycles. The Morgan fingerprint density at radius 1 is 1.26 bits per heavy atom. The Morgan fingerprint density at radius 3 is 2.87 bits per heavy atom. The molecule has 0 atom stereocenters. The average Bonchev–Trinajstić information content (AvgIpc) is 2.73. The van der Waals surface area contributed by atoms with Gasteiger partial charge in [0.1, 0.15) is 12.4 Å². The van der Waals surface area contributed by atoms with Crippen LogP contribution in [-0.4, -0.2) is 17.6 Å². The zero-order chi connectivity index (χ0) is 16.1. The Kier molecular flexibility index (Phi) is 3.10. The number of aromatic nitrogens is 1. The Labute approximate surface area is 137 Å². The monoisotopic (exact) mass is 327 g/mol. The molecule has 2 heterocycles. The quantitative estimate of drug-likeness (QED) is 0.614. The zero-order valence-electron chi connectivity index (χ0n) is 12.7. The maximum Gasteiger partial charge on any atom is 0.337 e. The van der Waals surface area contributed by atoms with Gasteiger partial charge in [-0.25, -0.2) is 4.79 Å². The van der Waals surface area contributed by atoms with Crippen LogP contribution in [0.25, 0.3) is 28.0 Å². The number of hydrogen-bond acceptors (Lipinski definition) is 3. The molecule has 4 rings (SSSR count). The molecule has 0 amide bonds. The molecule has 0 fully saturated rings. The standard InChI is InChI=1S/C18H14ClNO3/c1-10-8-20-16-4-3-13(19)7-14(16)15-6-11(18(21)22-2)5-12(9-23-10)17(15)20/h3-8H,9H2,1-2H3. The lowest BCUT2D eigenvalue weighted by atomic mass is 10.0. The number of halogens is 1. The predicted molar refractivity (Wildman–Crippen MR) is 90.5 cm³/mol. The largest absolute Gasteiger partial charge is 0.492 e. The molecule has 0 spiro atoms. The summed E-state index contributed by atoms with van der Waals surface area (Å²) in [5.41, 5.74) is 3.52. The molecule has 2 aromatic carbocycles. The maximum absolute atomic E-state index is 12.0. The van der Waals surface area contributed by atoms with Gasteiger partial charge in [0.05, 0.1) is 23.7 Å². The third-order valence-electron chi connectivity index (χ3n) is 4.13. The normalized spacial score (nSPS) is 13.6. The summed E-state index contributed by atoms with van der Waals surface area (Å²) in [6.45, 7) is 2.33. The molecule has 0 unspecified atom stereocenters. The van der Waals surface area contributed by atoms with E-state index in [0.717, 1.165) is 33.1 Å². The van der Waals surface area contributed by atoms with E-state index in [0.29, 0.717) is 17.2 Å². The molecular weight excluding hydrogens is 314 g/mol. The Bertz CT molecular complexity index is 1000. The zero-order valence-corrected chi connectivity index (χ0v) is 13.5. The van der Waals surface area contributed by atoms with Crippen LogP contribution < -0.4 is 0 Å². The number of carbonyl (C=O) groups excluding carboxylic acids is 1. The summed E-state index contributed by atoms with van der Waals surface area (Å²) in [4.78, 5) is 12.0. The van der Waals surface area contributed by atoms with E-state index in [1.165, 1.54) is 7.11 Å². The summed E-state index contributed by atoms with van der Waals surface area (Å²) < 4.78 is 12.7. The summed E-state index contributed by atoms with van der Waals surface area (Å²) in [7, 11) is 1.38. The minimum Gasteiger partial charge on any atom is -0.492 e. The maximum atomic E-state index is 12.0. The highest BCUT2D eigenvalue weighted by Gasteiger charge is 2.20. The molecule has 1 aliphatic heterocycles. The fraction of sp³-hybridized carbons (Fsp3) is 0.167. The minimum atomic E-state index is -0.361. The fourth-order valence-corrected chi connectivity index (χ4v) is 3.30. The molecule has 116 valence electrons. The van der Waals surface area contributed by atoms with Crippen molar-refractivity contribution in [3.8, 4) is 0 Å². The summed E-state index contributed by atoms with van der Waals surface area (Å²) in [6, 6.07) is 9.45. The van der Waals surface area contributed by atoms with Crippen LogP contribution in [0.15, 0.2) is 36.1 Å². The highest BCUT2D eigenvalue weighted by Crippen LogP contribution is 2.36. The number of hydrogen-bond donors (Lipinski definition) is 0. The van der Waals surface area contributed by atoms with Crippen molar-refractivity contribution in [3.05, 3.63) is 52.2 Å². The van der Waals surface area contributed by atoms with Crippen LogP contribution in [-0.2, 0) is 16.1 Å². The summed E-state index contributed by atoms with van der Waals surface area (Å²) >= 11 is 6.18. The number of carbonyl (C=O) groups is 1. The first-order chi connectivity index (χ1) is 11.1. The molecule has 1 aliphatic rings. The molecule has 0 N–H and O–H groups in total. The van der Waals surface area contributed by atoms with Gasteiger partial charge in [-0.05, 0) is 37.3 Å². The van der Waals surface area contributed by atoms with Gasteiger partial charge in [0, 0.05) is 27.6 Å². The Morgan fingerprint density at radius 2 is 2.09 bits per heavy atom. The molecular formula is C18H14ClNO3. The Hall–Kier alpha value is -2.46. The van der Waals surface area contributed by atoms with Crippen LogP contribution in [0.5, 0.6) is 0 Å². The van der Waals surface area contributed by atoms with E-state index in [1.807, 2.05) is 43.5 Å². The third kappa shape index (κ3) is 2.10. The topological polar surface area (TPSA) is 40.5 Å². The first-order valence-corrected chi connectivity index (χ1v) is 7.62. The molecule has 0 radical (unpaired) electrons. The molecule has 5 heteroatoms. The van der Waals surface area contributed by atoms with E-state index in [9.17, 15) is 4.79 Å². The van der Waals surface area contributed by atoms with Gasteiger partial charge >= 0.3 is 5.97 Å². The second-order valence-corrected chi connectivity index (χ2v) is 6.02. The van der Waals surface area contributed by atoms with E-state index in [1.54, 1.807) is 0 Å². The van der Waals surface area contributed by atoms with Gasteiger partial charge in [0.2, 0.25) is 0 Å². The van der Waals surface area contributed by atoms with Gasteiger partial charge in [-0.3, -0.25) is 0 Å². The van der Waals surface area contributed by atoms with Gasteiger partial charge < -0.3 is 14.0 Å². The first kappa shape index (κ1) is 14.2. The number of fused-ring (bicyclic) bond motifs is 3. The van der Waals surface area contributed by atoms with Crippen LogP contribution in [0.1, 0.15) is 22.8 Å². The van der Waals surface area contributed by atoms with Crippen LogP contribution in [0.4, 0.5) is 0 Å². The minimum absolute atomic E-state index is 0.361. The van der Waals surface area contributed by atoms with Crippen molar-refractivity contribution in [2.75, 3.05) is 7.11 Å². The van der Waals surface area contributed by atoms with Gasteiger partial charge in [0.15, 0.2) is 0 Å². The lowest BCUT2D eigenvalue weighted by Gasteiger charge is -2.07. The molecule has 4 nitrogen and oxygen atoms in total. The fourth-order valence-electron chi connectivity index (χ4n) is 3.13. The lowest BCUT2D eigenvalue weighted by molar-refractivity contribution is 0.0600. The number of methoxy groups -OCH3 is 1. The number of benzene rings is 2. The van der Waals surface area contributed by atoms with Crippen molar-refractivity contribution in [2.45, 2.75) is 13.5 Å². The SMILES string of the molecule is COC(=O)c1cc2c3c(c1)c1cc(Cl)ccc1n3C=C(C)OC2. The second kappa shape index (κ2) is 5.03. The number of esters is 1. The predicted octanol–water partition coefficient (Wildman–Crippen LogP) is 4.58. The molecule has 0 saturated heterocycles. The van der Waals surface area contributed by atoms with E-state index in [4.69, 9.17) is 21.1 Å². The molecule has 3 aromatic rings. The van der Waals surface area contributed by atoms with Gasteiger partial charge in [-0.2, -0.15) is 0 Å². The molecule has 1 aromatic heterocycles. The number of allylic oxidation sites excluding steroid dienone is 1.